The van der Waals surface area contributed by atoms with Crippen molar-refractivity contribution in [2.45, 2.75) is 33.2 Å². The molecule has 0 saturated carbocycles. The molecule has 0 amide bonds. The summed E-state index contributed by atoms with van der Waals surface area (Å²) in [6.45, 7) is 7.29. The first-order valence-corrected chi connectivity index (χ1v) is 8.77. The third-order valence-corrected chi connectivity index (χ3v) is 4.64. The molecule has 2 unspecified atom stereocenters. The van der Waals surface area contributed by atoms with Gasteiger partial charge in [0, 0.05) is 28.3 Å². The van der Waals surface area contributed by atoms with E-state index in [2.05, 4.69) is 26.1 Å². The topological polar surface area (TPSA) is 38.3 Å². The van der Waals surface area contributed by atoms with Crippen LogP contribution in [0.4, 0.5) is 0 Å². The van der Waals surface area contributed by atoms with E-state index in [4.69, 9.17) is 4.74 Å². The molecule has 0 saturated heterocycles. The molecule has 3 nitrogen and oxygen atoms in total. The lowest BCUT2D eigenvalue weighted by atomic mass is 10.1. The number of nitrogens with one attached hydrogen (secondary N) is 1. The number of hydrogen-bond acceptors (Lipinski definition) is 3. The highest BCUT2D eigenvalue weighted by atomic mass is 32.2. The number of hydrogen-bond donors (Lipinski definition) is 1. The Bertz CT molecular complexity index is 403. The first-order chi connectivity index (χ1) is 9.56. The van der Waals surface area contributed by atoms with Gasteiger partial charge in [0.15, 0.2) is 0 Å². The normalized spacial score (nSPS) is 14.2. The van der Waals surface area contributed by atoms with Crippen molar-refractivity contribution in [1.29, 1.82) is 0 Å². The summed E-state index contributed by atoms with van der Waals surface area (Å²) in [6.07, 6.45) is 1.02. The average molecular weight is 297 g/mol. The number of ether oxygens (including phenoxy) is 1. The first-order valence-electron chi connectivity index (χ1n) is 7.29. The van der Waals surface area contributed by atoms with E-state index in [0.717, 1.165) is 24.5 Å². The Kier molecular flexibility index (Phi) is 7.85. The summed E-state index contributed by atoms with van der Waals surface area (Å²) in [6, 6.07) is 8.16. The van der Waals surface area contributed by atoms with Gasteiger partial charge in [-0.1, -0.05) is 32.9 Å². The van der Waals surface area contributed by atoms with Gasteiger partial charge in [0.2, 0.25) is 0 Å². The van der Waals surface area contributed by atoms with Gasteiger partial charge in [0.1, 0.15) is 5.75 Å². The van der Waals surface area contributed by atoms with E-state index in [1.165, 1.54) is 5.56 Å². The largest absolute Gasteiger partial charge is 0.497 e. The summed E-state index contributed by atoms with van der Waals surface area (Å²) in [7, 11) is 0.891. The quantitative estimate of drug-likeness (QED) is 0.761. The van der Waals surface area contributed by atoms with Gasteiger partial charge in [-0.05, 0) is 36.6 Å². The summed E-state index contributed by atoms with van der Waals surface area (Å²) >= 11 is 0. The van der Waals surface area contributed by atoms with E-state index in [1.807, 2.05) is 24.3 Å². The Morgan fingerprint density at radius 2 is 1.90 bits per heavy atom. The van der Waals surface area contributed by atoms with Crippen molar-refractivity contribution in [3.8, 4) is 5.75 Å². The highest BCUT2D eigenvalue weighted by Crippen LogP contribution is 2.19. The van der Waals surface area contributed by atoms with Crippen molar-refractivity contribution in [3.63, 3.8) is 0 Å². The summed E-state index contributed by atoms with van der Waals surface area (Å²) < 4.78 is 17.4. The molecule has 0 aliphatic rings. The van der Waals surface area contributed by atoms with Crippen molar-refractivity contribution in [3.05, 3.63) is 29.8 Å². The molecule has 0 heterocycles. The molecule has 0 radical (unpaired) electrons. The fraction of sp³-hybridized carbons (Fsp3) is 0.625. The average Bonchev–Trinajstić information content (AvgIpc) is 2.45. The number of methoxy groups -OCH3 is 1. The van der Waals surface area contributed by atoms with Crippen LogP contribution in [0.25, 0.3) is 0 Å². The maximum absolute atomic E-state index is 12.2. The Morgan fingerprint density at radius 3 is 2.40 bits per heavy atom. The van der Waals surface area contributed by atoms with E-state index < -0.39 is 10.8 Å². The number of benzene rings is 1. The van der Waals surface area contributed by atoms with Crippen LogP contribution in [-0.4, -0.2) is 29.4 Å². The maximum atomic E-state index is 12.2. The van der Waals surface area contributed by atoms with Crippen molar-refractivity contribution >= 4 is 10.8 Å². The van der Waals surface area contributed by atoms with Gasteiger partial charge in [-0.3, -0.25) is 4.21 Å². The van der Waals surface area contributed by atoms with Gasteiger partial charge in [0.05, 0.1) is 7.11 Å². The molecule has 0 aliphatic carbocycles. The Labute approximate surface area is 125 Å². The van der Waals surface area contributed by atoms with Gasteiger partial charge in [-0.25, -0.2) is 0 Å². The van der Waals surface area contributed by atoms with E-state index in [-0.39, 0.29) is 6.04 Å². The lowest BCUT2D eigenvalue weighted by Gasteiger charge is -2.18. The Balaban J connectivity index is 2.65. The lowest BCUT2D eigenvalue weighted by molar-refractivity contribution is 0.414. The van der Waals surface area contributed by atoms with Crippen LogP contribution in [0.3, 0.4) is 0 Å². The second kappa shape index (κ2) is 9.14. The zero-order chi connectivity index (χ0) is 15.0. The van der Waals surface area contributed by atoms with Crippen LogP contribution < -0.4 is 10.1 Å². The molecule has 0 aromatic heterocycles. The molecule has 0 fully saturated rings. The van der Waals surface area contributed by atoms with Crippen LogP contribution in [0.1, 0.15) is 38.8 Å². The van der Waals surface area contributed by atoms with Crippen molar-refractivity contribution in [2.24, 2.45) is 5.92 Å². The standard InChI is InChI=1S/C16H27NO2S/c1-5-17-16(12-20(18)11-10-13(2)3)14-6-8-15(19-4)9-7-14/h6-9,13,16-17H,5,10-12H2,1-4H3. The Hall–Kier alpha value is -0.870. The van der Waals surface area contributed by atoms with Crippen LogP contribution in [-0.2, 0) is 10.8 Å². The van der Waals surface area contributed by atoms with Crippen molar-refractivity contribution < 1.29 is 8.95 Å². The van der Waals surface area contributed by atoms with Gasteiger partial charge in [-0.2, -0.15) is 0 Å². The predicted octanol–water partition coefficient (Wildman–Crippen LogP) is 3.14. The molecule has 1 aromatic carbocycles. The van der Waals surface area contributed by atoms with Crippen LogP contribution in [0.5, 0.6) is 5.75 Å². The van der Waals surface area contributed by atoms with E-state index in [9.17, 15) is 4.21 Å². The fourth-order valence-corrected chi connectivity index (χ4v) is 3.58. The van der Waals surface area contributed by atoms with Crippen LogP contribution in [0.2, 0.25) is 0 Å². The zero-order valence-corrected chi connectivity index (χ0v) is 13.8. The molecule has 20 heavy (non-hydrogen) atoms. The summed E-state index contributed by atoms with van der Waals surface area (Å²) in [5, 5.41) is 3.42. The minimum atomic E-state index is -0.774. The van der Waals surface area contributed by atoms with Crippen LogP contribution in [0, 0.1) is 5.92 Å². The third-order valence-electron chi connectivity index (χ3n) is 3.24. The molecule has 0 aliphatic heterocycles. The Morgan fingerprint density at radius 1 is 1.25 bits per heavy atom. The van der Waals surface area contributed by atoms with Gasteiger partial charge >= 0.3 is 0 Å². The molecule has 114 valence electrons. The lowest BCUT2D eigenvalue weighted by Crippen LogP contribution is -2.27. The maximum Gasteiger partial charge on any atom is 0.118 e. The van der Waals surface area contributed by atoms with Crippen LogP contribution >= 0.6 is 0 Å². The summed E-state index contributed by atoms with van der Waals surface area (Å²) in [5.74, 6) is 2.92. The zero-order valence-electron chi connectivity index (χ0n) is 13.0. The summed E-state index contributed by atoms with van der Waals surface area (Å²) in [5.41, 5.74) is 1.17. The number of rotatable bonds is 9. The minimum absolute atomic E-state index is 0.152. The predicted molar refractivity (Wildman–Crippen MR) is 86.7 cm³/mol. The molecule has 1 rings (SSSR count). The van der Waals surface area contributed by atoms with Gasteiger partial charge in [-0.15, -0.1) is 0 Å². The molecular formula is C16H27NO2S. The van der Waals surface area contributed by atoms with E-state index >= 15 is 0 Å². The van der Waals surface area contributed by atoms with Crippen LogP contribution in [0.15, 0.2) is 24.3 Å². The smallest absolute Gasteiger partial charge is 0.118 e. The molecule has 0 bridgehead atoms. The molecule has 0 spiro atoms. The monoisotopic (exact) mass is 297 g/mol. The second-order valence-electron chi connectivity index (χ2n) is 5.38. The molecule has 1 aromatic rings. The minimum Gasteiger partial charge on any atom is -0.497 e. The van der Waals surface area contributed by atoms with Gasteiger partial charge in [0.25, 0.3) is 0 Å². The summed E-state index contributed by atoms with van der Waals surface area (Å²) in [4.78, 5) is 0. The molecular weight excluding hydrogens is 270 g/mol. The third kappa shape index (κ3) is 6.06. The highest BCUT2D eigenvalue weighted by Gasteiger charge is 2.14. The highest BCUT2D eigenvalue weighted by molar-refractivity contribution is 7.85. The first kappa shape index (κ1) is 17.2. The van der Waals surface area contributed by atoms with Gasteiger partial charge < -0.3 is 10.1 Å². The second-order valence-corrected chi connectivity index (χ2v) is 7.00. The van der Waals surface area contributed by atoms with E-state index in [0.29, 0.717) is 11.7 Å². The SMILES string of the molecule is CCNC(CS(=O)CCC(C)C)c1ccc(OC)cc1. The molecule has 4 heteroatoms. The molecule has 2 atom stereocenters. The molecule has 1 N–H and O–H groups in total. The van der Waals surface area contributed by atoms with E-state index in [1.54, 1.807) is 7.11 Å². The van der Waals surface area contributed by atoms with Crippen molar-refractivity contribution in [1.82, 2.24) is 5.32 Å². The fourth-order valence-electron chi connectivity index (χ4n) is 1.99. The van der Waals surface area contributed by atoms with Crippen molar-refractivity contribution in [2.75, 3.05) is 25.2 Å².